The molecule has 2 heterocycles. The molecule has 12 nitrogen and oxygen atoms in total. The van der Waals surface area contributed by atoms with Crippen LogP contribution in [0.25, 0.3) is 0 Å². The van der Waals surface area contributed by atoms with E-state index in [1.807, 2.05) is 0 Å². The summed E-state index contributed by atoms with van der Waals surface area (Å²) in [7, 11) is 2.92. The standard InChI is InChI=1S/C40H68O12/c1-20(2)22(18-49-38-36(33(45)30(17-41)51-38)52-37-35(48-7)34(46)31(47-6)19-50-37)9-8-21(3)26-16-29(44)32-24-15-28(43)27-14-23(42)10-12-39(27,4)25(24)11-13-40(26,32)5/h8-9,20-38,41-46H,10-19H2,1-7H3. The first-order valence-electron chi connectivity index (χ1n) is 20.0. The molecular formula is C40H68O12. The highest BCUT2D eigenvalue weighted by atomic mass is 16.8. The van der Waals surface area contributed by atoms with E-state index in [4.69, 9.17) is 28.4 Å². The molecule has 0 radical (unpaired) electrons. The van der Waals surface area contributed by atoms with Crippen molar-refractivity contribution in [1.82, 2.24) is 0 Å². The lowest BCUT2D eigenvalue weighted by Gasteiger charge is -2.62. The highest BCUT2D eigenvalue weighted by Crippen LogP contribution is 2.68. The van der Waals surface area contributed by atoms with Gasteiger partial charge in [-0.1, -0.05) is 46.8 Å². The molecule has 6 aliphatic rings. The first-order valence-corrected chi connectivity index (χ1v) is 20.0. The molecule has 12 heteroatoms. The van der Waals surface area contributed by atoms with Crippen molar-refractivity contribution < 1.29 is 59.1 Å². The summed E-state index contributed by atoms with van der Waals surface area (Å²) in [5, 5.41) is 65.3. The summed E-state index contributed by atoms with van der Waals surface area (Å²) < 4.78 is 35.0. The molecule has 52 heavy (non-hydrogen) atoms. The number of hydrogen-bond donors (Lipinski definition) is 6. The van der Waals surface area contributed by atoms with E-state index >= 15 is 0 Å². The van der Waals surface area contributed by atoms with Gasteiger partial charge in [0.25, 0.3) is 0 Å². The number of ether oxygens (including phenoxy) is 6. The van der Waals surface area contributed by atoms with Crippen LogP contribution in [0.4, 0.5) is 0 Å². The molecule has 6 fully saturated rings. The Hall–Kier alpha value is -0.740. The summed E-state index contributed by atoms with van der Waals surface area (Å²) in [5.74, 6) is 1.75. The molecule has 20 atom stereocenters. The fourth-order valence-corrected chi connectivity index (χ4v) is 12.0. The maximum atomic E-state index is 11.7. The SMILES string of the molecule is COC1COC(OC2C(OCC(C=CC(C)C3CC(O)C4C5CC(O)C6CC(O)CCC6(C)C5CCC34C)C(C)C)OC(CO)C2O)C(OC)C1O. The Bertz CT molecular complexity index is 1200. The van der Waals surface area contributed by atoms with Gasteiger partial charge in [-0.15, -0.1) is 0 Å². The van der Waals surface area contributed by atoms with Crippen LogP contribution in [0.2, 0.25) is 0 Å². The van der Waals surface area contributed by atoms with Crippen molar-refractivity contribution in [2.24, 2.45) is 58.2 Å². The Morgan fingerprint density at radius 1 is 0.808 bits per heavy atom. The van der Waals surface area contributed by atoms with Gasteiger partial charge in [0.2, 0.25) is 0 Å². The van der Waals surface area contributed by atoms with Crippen LogP contribution < -0.4 is 0 Å². The molecule has 4 aliphatic carbocycles. The van der Waals surface area contributed by atoms with Gasteiger partial charge in [0, 0.05) is 20.1 Å². The lowest BCUT2D eigenvalue weighted by atomic mass is 9.43. The number of aliphatic hydroxyl groups excluding tert-OH is 6. The van der Waals surface area contributed by atoms with E-state index < -0.39 is 68.0 Å². The lowest BCUT2D eigenvalue weighted by Crippen LogP contribution is -2.59. The predicted molar refractivity (Wildman–Crippen MR) is 191 cm³/mol. The van der Waals surface area contributed by atoms with Gasteiger partial charge in [-0.2, -0.15) is 0 Å². The molecule has 0 aromatic carbocycles. The Kier molecular flexibility index (Phi) is 12.9. The van der Waals surface area contributed by atoms with Crippen LogP contribution in [-0.4, -0.2) is 132 Å². The first kappa shape index (κ1) is 40.9. The minimum Gasteiger partial charge on any atom is -0.394 e. The lowest BCUT2D eigenvalue weighted by molar-refractivity contribution is -0.310. The van der Waals surface area contributed by atoms with Crippen LogP contribution in [0.15, 0.2) is 12.2 Å². The highest BCUT2D eigenvalue weighted by Gasteiger charge is 2.64. The van der Waals surface area contributed by atoms with Crippen LogP contribution in [0.5, 0.6) is 0 Å². The molecular weight excluding hydrogens is 672 g/mol. The molecule has 2 saturated heterocycles. The fraction of sp³-hybridized carbons (Fsp3) is 0.950. The quantitative estimate of drug-likeness (QED) is 0.162. The van der Waals surface area contributed by atoms with E-state index in [0.717, 1.165) is 32.1 Å². The first-order chi connectivity index (χ1) is 24.7. The van der Waals surface area contributed by atoms with Gasteiger partial charge in [0.05, 0.1) is 38.1 Å². The molecule has 6 N–H and O–H groups in total. The Labute approximate surface area is 310 Å². The fourth-order valence-electron chi connectivity index (χ4n) is 12.0. The molecule has 0 aromatic heterocycles. The normalized spacial score (nSPS) is 50.6. The zero-order chi connectivity index (χ0) is 37.7. The third-order valence-corrected chi connectivity index (χ3v) is 15.1. The minimum atomic E-state index is -1.19. The van der Waals surface area contributed by atoms with Gasteiger partial charge in [-0.25, -0.2) is 0 Å². The molecule has 2 aliphatic heterocycles. The summed E-state index contributed by atoms with van der Waals surface area (Å²) in [5.41, 5.74) is -0.0403. The van der Waals surface area contributed by atoms with Crippen molar-refractivity contribution in [2.75, 3.05) is 34.0 Å². The Morgan fingerprint density at radius 3 is 2.21 bits per heavy atom. The van der Waals surface area contributed by atoms with Crippen molar-refractivity contribution in [3.63, 3.8) is 0 Å². The molecule has 0 aromatic rings. The molecule has 300 valence electrons. The van der Waals surface area contributed by atoms with Crippen molar-refractivity contribution in [1.29, 1.82) is 0 Å². The molecule has 0 bridgehead atoms. The maximum absolute atomic E-state index is 11.7. The second kappa shape index (κ2) is 16.4. The topological polar surface area (TPSA) is 177 Å². The number of fused-ring (bicyclic) bond motifs is 5. The van der Waals surface area contributed by atoms with Gasteiger partial charge < -0.3 is 59.1 Å². The van der Waals surface area contributed by atoms with Crippen LogP contribution in [0.3, 0.4) is 0 Å². The largest absolute Gasteiger partial charge is 0.394 e. The van der Waals surface area contributed by atoms with Crippen LogP contribution in [-0.2, 0) is 28.4 Å². The zero-order valence-electron chi connectivity index (χ0n) is 32.3. The average Bonchev–Trinajstić information content (AvgIpc) is 3.56. The Balaban J connectivity index is 1.11. The van der Waals surface area contributed by atoms with Crippen molar-refractivity contribution in [3.8, 4) is 0 Å². The van der Waals surface area contributed by atoms with E-state index in [2.05, 4.69) is 46.8 Å². The second-order valence-electron chi connectivity index (χ2n) is 18.1. The number of methoxy groups -OCH3 is 2. The maximum Gasteiger partial charge on any atom is 0.187 e. The number of hydrogen-bond acceptors (Lipinski definition) is 12. The molecule has 20 unspecified atom stereocenters. The third kappa shape index (κ3) is 7.43. The number of rotatable bonds is 12. The monoisotopic (exact) mass is 740 g/mol. The van der Waals surface area contributed by atoms with Crippen LogP contribution in [0.1, 0.15) is 79.6 Å². The van der Waals surface area contributed by atoms with Crippen molar-refractivity contribution in [3.05, 3.63) is 12.2 Å². The van der Waals surface area contributed by atoms with Gasteiger partial charge >= 0.3 is 0 Å². The Morgan fingerprint density at radius 2 is 1.54 bits per heavy atom. The van der Waals surface area contributed by atoms with Gasteiger partial charge in [-0.3, -0.25) is 0 Å². The second-order valence-corrected chi connectivity index (χ2v) is 18.1. The van der Waals surface area contributed by atoms with Gasteiger partial charge in [0.15, 0.2) is 12.6 Å². The summed E-state index contributed by atoms with van der Waals surface area (Å²) in [6.07, 6.45) is 1.79. The van der Waals surface area contributed by atoms with Gasteiger partial charge in [0.1, 0.15) is 36.6 Å². The van der Waals surface area contributed by atoms with E-state index in [-0.39, 0.29) is 65.7 Å². The van der Waals surface area contributed by atoms with Gasteiger partial charge in [-0.05, 0) is 97.2 Å². The number of aliphatic hydroxyl groups is 6. The molecule has 4 saturated carbocycles. The number of allylic oxidation sites excluding steroid dienone is 1. The van der Waals surface area contributed by atoms with E-state index in [1.165, 1.54) is 14.2 Å². The third-order valence-electron chi connectivity index (χ3n) is 15.1. The summed E-state index contributed by atoms with van der Waals surface area (Å²) >= 11 is 0. The highest BCUT2D eigenvalue weighted by molar-refractivity contribution is 5.15. The van der Waals surface area contributed by atoms with E-state index in [0.29, 0.717) is 24.7 Å². The smallest absolute Gasteiger partial charge is 0.187 e. The predicted octanol–water partition coefficient (Wildman–Crippen LogP) is 2.64. The summed E-state index contributed by atoms with van der Waals surface area (Å²) in [6.45, 7) is 11.2. The van der Waals surface area contributed by atoms with E-state index in [1.54, 1.807) is 0 Å². The van der Waals surface area contributed by atoms with Crippen LogP contribution >= 0.6 is 0 Å². The minimum absolute atomic E-state index is 0.000272. The molecule has 0 amide bonds. The van der Waals surface area contributed by atoms with Crippen molar-refractivity contribution in [2.45, 2.75) is 147 Å². The van der Waals surface area contributed by atoms with E-state index in [9.17, 15) is 30.6 Å². The summed E-state index contributed by atoms with van der Waals surface area (Å²) in [4.78, 5) is 0. The van der Waals surface area contributed by atoms with Crippen LogP contribution in [0, 0.1) is 58.2 Å². The molecule has 6 rings (SSSR count). The zero-order valence-corrected chi connectivity index (χ0v) is 32.3. The average molecular weight is 741 g/mol. The molecule has 0 spiro atoms. The summed E-state index contributed by atoms with van der Waals surface area (Å²) in [6, 6.07) is 0. The van der Waals surface area contributed by atoms with Crippen molar-refractivity contribution >= 4 is 0 Å².